The van der Waals surface area contributed by atoms with Crippen LogP contribution < -0.4 is 5.32 Å². The zero-order valence-corrected chi connectivity index (χ0v) is 15.0. The van der Waals surface area contributed by atoms with Gasteiger partial charge < -0.3 is 5.32 Å². The van der Waals surface area contributed by atoms with Crippen LogP contribution in [-0.4, -0.2) is 36.6 Å². The summed E-state index contributed by atoms with van der Waals surface area (Å²) in [5.74, 6) is 1.51. The Bertz CT molecular complexity index is 261. The van der Waals surface area contributed by atoms with Gasteiger partial charge in [-0.1, -0.05) is 48.5 Å². The molecule has 0 spiro atoms. The predicted octanol–water partition coefficient (Wildman–Crippen LogP) is 4.16. The minimum absolute atomic E-state index is 0.437. The summed E-state index contributed by atoms with van der Waals surface area (Å²) in [6.07, 6.45) is 3.94. The maximum atomic E-state index is 3.86. The zero-order chi connectivity index (χ0) is 15.3. The highest BCUT2D eigenvalue weighted by Gasteiger charge is 2.43. The molecule has 1 saturated carbocycles. The van der Waals surface area contributed by atoms with Crippen LogP contribution in [0.25, 0.3) is 0 Å². The van der Waals surface area contributed by atoms with E-state index >= 15 is 0 Å². The Hall–Kier alpha value is -0.0800. The van der Waals surface area contributed by atoms with Gasteiger partial charge in [0.15, 0.2) is 0 Å². The van der Waals surface area contributed by atoms with Crippen LogP contribution in [0.3, 0.4) is 0 Å². The number of nitrogens with zero attached hydrogens (tertiary/aromatic N) is 1. The van der Waals surface area contributed by atoms with Crippen molar-refractivity contribution in [1.29, 1.82) is 0 Å². The van der Waals surface area contributed by atoms with Crippen molar-refractivity contribution in [3.05, 3.63) is 0 Å². The van der Waals surface area contributed by atoms with E-state index in [9.17, 15) is 0 Å². The largest absolute Gasteiger partial charge is 0.312 e. The number of nitrogens with one attached hydrogen (secondary N) is 1. The van der Waals surface area contributed by atoms with Crippen LogP contribution in [0.4, 0.5) is 0 Å². The molecule has 0 amide bonds. The molecule has 0 radical (unpaired) electrons. The zero-order valence-electron chi connectivity index (χ0n) is 15.0. The molecule has 1 fully saturated rings. The van der Waals surface area contributed by atoms with Crippen LogP contribution in [0.15, 0.2) is 0 Å². The van der Waals surface area contributed by atoms with Crippen LogP contribution in [0.5, 0.6) is 0 Å². The summed E-state index contributed by atoms with van der Waals surface area (Å²) in [6.45, 7) is 20.2. The Kier molecular flexibility index (Phi) is 7.00. The Morgan fingerprint density at radius 3 is 2.10 bits per heavy atom. The number of rotatable bonds is 8. The molecular formula is C18H38N2. The Balaban J connectivity index is 2.80. The van der Waals surface area contributed by atoms with Gasteiger partial charge >= 0.3 is 0 Å². The number of hydrogen-bond donors (Lipinski definition) is 1. The molecule has 0 aromatic carbocycles. The molecule has 1 rings (SSSR count). The van der Waals surface area contributed by atoms with Crippen LogP contribution >= 0.6 is 0 Å². The molecule has 0 heterocycles. The van der Waals surface area contributed by atoms with E-state index in [0.29, 0.717) is 11.5 Å². The van der Waals surface area contributed by atoms with E-state index in [4.69, 9.17) is 0 Å². The topological polar surface area (TPSA) is 15.3 Å². The molecule has 0 saturated heterocycles. The van der Waals surface area contributed by atoms with Crippen molar-refractivity contribution < 1.29 is 0 Å². The van der Waals surface area contributed by atoms with Gasteiger partial charge in [-0.05, 0) is 43.1 Å². The van der Waals surface area contributed by atoms with Crippen molar-refractivity contribution in [3.8, 4) is 0 Å². The van der Waals surface area contributed by atoms with Gasteiger partial charge in [0.1, 0.15) is 0 Å². The first-order valence-electron chi connectivity index (χ1n) is 8.75. The fraction of sp³-hybridized carbons (Fsp3) is 1.00. The van der Waals surface area contributed by atoms with Gasteiger partial charge in [-0.15, -0.1) is 0 Å². The average molecular weight is 283 g/mol. The van der Waals surface area contributed by atoms with E-state index in [0.717, 1.165) is 24.4 Å². The van der Waals surface area contributed by atoms with E-state index < -0.39 is 0 Å². The van der Waals surface area contributed by atoms with Crippen molar-refractivity contribution >= 4 is 0 Å². The van der Waals surface area contributed by atoms with Crippen molar-refractivity contribution in [2.45, 2.75) is 79.8 Å². The monoisotopic (exact) mass is 282 g/mol. The molecule has 0 bridgehead atoms. The lowest BCUT2D eigenvalue weighted by Gasteiger charge is -2.39. The highest BCUT2D eigenvalue weighted by molar-refractivity contribution is 5.01. The third-order valence-electron chi connectivity index (χ3n) is 4.59. The highest BCUT2D eigenvalue weighted by atomic mass is 15.2. The lowest BCUT2D eigenvalue weighted by molar-refractivity contribution is 0.117. The van der Waals surface area contributed by atoms with Crippen LogP contribution in [0.2, 0.25) is 0 Å². The molecule has 120 valence electrons. The van der Waals surface area contributed by atoms with E-state index in [-0.39, 0.29) is 0 Å². The summed E-state index contributed by atoms with van der Waals surface area (Å²) in [7, 11) is 0. The minimum Gasteiger partial charge on any atom is -0.312 e. The van der Waals surface area contributed by atoms with E-state index in [1.807, 2.05) is 0 Å². The summed E-state index contributed by atoms with van der Waals surface area (Å²) in [6, 6.07) is 1.38. The van der Waals surface area contributed by atoms with Gasteiger partial charge in [-0.25, -0.2) is 0 Å². The van der Waals surface area contributed by atoms with Crippen LogP contribution in [-0.2, 0) is 0 Å². The summed E-state index contributed by atoms with van der Waals surface area (Å²) in [5, 5.41) is 3.86. The summed E-state index contributed by atoms with van der Waals surface area (Å²) in [5.41, 5.74) is 0.437. The van der Waals surface area contributed by atoms with E-state index in [1.165, 1.54) is 32.4 Å². The first kappa shape index (κ1) is 18.0. The maximum Gasteiger partial charge on any atom is 0.0274 e. The van der Waals surface area contributed by atoms with Crippen molar-refractivity contribution in [3.63, 3.8) is 0 Å². The molecule has 20 heavy (non-hydrogen) atoms. The van der Waals surface area contributed by atoms with Gasteiger partial charge in [0.05, 0.1) is 0 Å². The van der Waals surface area contributed by atoms with E-state index in [1.54, 1.807) is 0 Å². The fourth-order valence-corrected chi connectivity index (χ4v) is 3.75. The lowest BCUT2D eigenvalue weighted by atomic mass is 9.86. The molecule has 1 aliphatic carbocycles. The molecule has 2 heteroatoms. The van der Waals surface area contributed by atoms with Gasteiger partial charge in [0.25, 0.3) is 0 Å². The quantitative estimate of drug-likeness (QED) is 0.719. The average Bonchev–Trinajstić information content (AvgIpc) is 2.60. The normalized spacial score (nSPS) is 26.1. The predicted molar refractivity (Wildman–Crippen MR) is 90.1 cm³/mol. The van der Waals surface area contributed by atoms with Gasteiger partial charge in [0.2, 0.25) is 0 Å². The first-order chi connectivity index (χ1) is 9.27. The molecule has 0 aliphatic heterocycles. The molecule has 1 N–H and O–H groups in total. The number of hydrogen-bond acceptors (Lipinski definition) is 2. The second-order valence-corrected chi connectivity index (χ2v) is 8.27. The first-order valence-corrected chi connectivity index (χ1v) is 8.75. The van der Waals surface area contributed by atoms with Gasteiger partial charge in [0, 0.05) is 25.2 Å². The molecular weight excluding hydrogens is 244 g/mol. The van der Waals surface area contributed by atoms with Gasteiger partial charge in [-0.2, -0.15) is 0 Å². The Morgan fingerprint density at radius 1 is 1.10 bits per heavy atom. The molecule has 2 unspecified atom stereocenters. The molecule has 1 aliphatic rings. The third-order valence-corrected chi connectivity index (χ3v) is 4.59. The summed E-state index contributed by atoms with van der Waals surface area (Å²) < 4.78 is 0. The van der Waals surface area contributed by atoms with Crippen LogP contribution in [0, 0.1) is 17.3 Å². The maximum absolute atomic E-state index is 3.86. The molecule has 2 atom stereocenters. The van der Waals surface area contributed by atoms with Gasteiger partial charge in [-0.3, -0.25) is 4.90 Å². The highest BCUT2D eigenvalue weighted by Crippen LogP contribution is 2.40. The molecule has 0 aromatic heterocycles. The van der Waals surface area contributed by atoms with Crippen molar-refractivity contribution in [2.75, 3.05) is 19.6 Å². The second-order valence-electron chi connectivity index (χ2n) is 8.27. The van der Waals surface area contributed by atoms with Crippen LogP contribution in [0.1, 0.15) is 67.7 Å². The Labute approximate surface area is 127 Å². The van der Waals surface area contributed by atoms with Crippen molar-refractivity contribution in [1.82, 2.24) is 10.2 Å². The van der Waals surface area contributed by atoms with E-state index in [2.05, 4.69) is 58.7 Å². The van der Waals surface area contributed by atoms with Crippen molar-refractivity contribution in [2.24, 2.45) is 17.3 Å². The summed E-state index contributed by atoms with van der Waals surface area (Å²) in [4.78, 5) is 2.78. The fourth-order valence-electron chi connectivity index (χ4n) is 3.75. The second kappa shape index (κ2) is 7.79. The SMILES string of the molecule is CCCNC1C(N(CC(C)C)CC(C)C)CCC1(C)C. The summed E-state index contributed by atoms with van der Waals surface area (Å²) >= 11 is 0. The minimum atomic E-state index is 0.437. The smallest absolute Gasteiger partial charge is 0.0274 e. The Morgan fingerprint density at radius 2 is 1.65 bits per heavy atom. The lowest BCUT2D eigenvalue weighted by Crippen LogP contribution is -2.53. The standard InChI is InChI=1S/C18H38N2/c1-8-11-19-17-16(9-10-18(17,6)7)20(12-14(2)3)13-15(4)5/h14-17,19H,8-13H2,1-7H3. The third kappa shape index (κ3) is 5.04. The molecule has 2 nitrogen and oxygen atoms in total. The molecule has 0 aromatic rings.